The second-order valence-corrected chi connectivity index (χ2v) is 8.26. The lowest BCUT2D eigenvalue weighted by Crippen LogP contribution is -2.51. The molecule has 0 spiro atoms. The number of carbonyl (C=O) groups is 2. The van der Waals surface area contributed by atoms with Crippen LogP contribution in [0, 0.1) is 5.82 Å². The maximum atomic E-state index is 13.4. The lowest BCUT2D eigenvalue weighted by atomic mass is 10.1. The van der Waals surface area contributed by atoms with E-state index >= 15 is 0 Å². The summed E-state index contributed by atoms with van der Waals surface area (Å²) in [5.41, 5.74) is 2.69. The van der Waals surface area contributed by atoms with Crippen LogP contribution in [0.3, 0.4) is 0 Å². The Morgan fingerprint density at radius 1 is 1.00 bits per heavy atom. The van der Waals surface area contributed by atoms with E-state index in [0.717, 1.165) is 5.56 Å². The Kier molecular flexibility index (Phi) is 5.87. The van der Waals surface area contributed by atoms with Gasteiger partial charge >= 0.3 is 0 Å². The summed E-state index contributed by atoms with van der Waals surface area (Å²) in [5, 5.41) is 8.33. The molecule has 2 amide bonds. The van der Waals surface area contributed by atoms with Crippen molar-refractivity contribution in [2.75, 3.05) is 26.2 Å². The highest BCUT2D eigenvalue weighted by Crippen LogP contribution is 2.27. The smallest absolute Gasteiger partial charge is 0.276 e. The van der Waals surface area contributed by atoms with Crippen LogP contribution in [-0.2, 0) is 29.1 Å². The molecular weight excluding hydrogens is 425 g/mol. The van der Waals surface area contributed by atoms with Crippen LogP contribution >= 0.6 is 0 Å². The largest absolute Gasteiger partial charge is 0.365 e. The number of hydrogen-bond acceptors (Lipinski definition) is 5. The third-order valence-electron chi connectivity index (χ3n) is 6.14. The van der Waals surface area contributed by atoms with Gasteiger partial charge in [-0.1, -0.05) is 47.7 Å². The van der Waals surface area contributed by atoms with Gasteiger partial charge in [0.2, 0.25) is 5.91 Å². The van der Waals surface area contributed by atoms with E-state index in [9.17, 15) is 14.0 Å². The average molecular weight is 449 g/mol. The minimum absolute atomic E-state index is 0.0749. The minimum Gasteiger partial charge on any atom is -0.365 e. The van der Waals surface area contributed by atoms with Gasteiger partial charge in [0.05, 0.1) is 25.3 Å². The molecule has 0 unspecified atom stereocenters. The van der Waals surface area contributed by atoms with Crippen LogP contribution in [0.4, 0.5) is 4.39 Å². The number of carbonyl (C=O) groups excluding carboxylic acids is 2. The fraction of sp³-hybridized carbons (Fsp3) is 0.333. The molecule has 1 aromatic heterocycles. The van der Waals surface area contributed by atoms with Crippen LogP contribution in [0.1, 0.15) is 33.4 Å². The Labute approximate surface area is 190 Å². The summed E-state index contributed by atoms with van der Waals surface area (Å²) >= 11 is 0. The Bertz CT molecular complexity index is 1160. The zero-order valence-corrected chi connectivity index (χ0v) is 18.1. The van der Waals surface area contributed by atoms with Gasteiger partial charge < -0.3 is 14.5 Å². The summed E-state index contributed by atoms with van der Waals surface area (Å²) in [7, 11) is 0. The monoisotopic (exact) mass is 449 g/mol. The van der Waals surface area contributed by atoms with Crippen molar-refractivity contribution in [3.8, 4) is 0 Å². The highest BCUT2D eigenvalue weighted by molar-refractivity contribution is 5.93. The molecule has 0 saturated carbocycles. The van der Waals surface area contributed by atoms with Crippen molar-refractivity contribution < 1.29 is 18.7 Å². The van der Waals surface area contributed by atoms with Gasteiger partial charge in [0.1, 0.15) is 11.9 Å². The first-order chi connectivity index (χ1) is 16.1. The van der Waals surface area contributed by atoms with Gasteiger partial charge in [0.25, 0.3) is 5.91 Å². The first-order valence-electron chi connectivity index (χ1n) is 11.0. The quantitative estimate of drug-likeness (QED) is 0.610. The summed E-state index contributed by atoms with van der Waals surface area (Å²) in [6.07, 6.45) is 0.0143. The van der Waals surface area contributed by atoms with Crippen molar-refractivity contribution in [1.82, 2.24) is 24.8 Å². The van der Waals surface area contributed by atoms with E-state index in [4.69, 9.17) is 4.74 Å². The fourth-order valence-electron chi connectivity index (χ4n) is 4.29. The predicted molar refractivity (Wildman–Crippen MR) is 117 cm³/mol. The van der Waals surface area contributed by atoms with Crippen molar-refractivity contribution in [2.45, 2.75) is 25.7 Å². The molecule has 1 atom stereocenters. The highest BCUT2D eigenvalue weighted by atomic mass is 19.1. The Balaban J connectivity index is 1.19. The van der Waals surface area contributed by atoms with Gasteiger partial charge in [0, 0.05) is 26.2 Å². The van der Waals surface area contributed by atoms with Gasteiger partial charge in [-0.2, -0.15) is 0 Å². The third kappa shape index (κ3) is 4.49. The molecule has 2 aliphatic rings. The molecule has 0 N–H and O–H groups in total. The van der Waals surface area contributed by atoms with E-state index in [1.165, 1.54) is 12.1 Å². The van der Waals surface area contributed by atoms with Gasteiger partial charge in [-0.05, 0) is 23.3 Å². The first kappa shape index (κ1) is 21.3. The molecule has 33 heavy (non-hydrogen) atoms. The molecule has 1 saturated heterocycles. The SMILES string of the molecule is O=C(Cc1cccc(F)c1)N1CCN(C(=O)c2nnn3c2CO[C@H](c2ccccc2)C3)CC1. The van der Waals surface area contributed by atoms with E-state index in [1.54, 1.807) is 26.6 Å². The number of ether oxygens (including phenoxy) is 1. The number of rotatable bonds is 4. The number of hydrogen-bond donors (Lipinski definition) is 0. The molecule has 2 aliphatic heterocycles. The van der Waals surface area contributed by atoms with Crippen LogP contribution in [0.5, 0.6) is 0 Å². The fourth-order valence-corrected chi connectivity index (χ4v) is 4.29. The molecule has 0 aliphatic carbocycles. The summed E-state index contributed by atoms with van der Waals surface area (Å²) in [5.74, 6) is -0.629. The van der Waals surface area contributed by atoms with Crippen LogP contribution in [0.25, 0.3) is 0 Å². The standard InChI is InChI=1S/C24H24FN5O3/c25-19-8-4-5-17(13-19)14-22(31)28-9-11-29(12-10-28)24(32)23-20-16-33-21(15-30(20)27-26-23)18-6-2-1-3-7-18/h1-8,13,21H,9-12,14-16H2/t21-/m0/s1. The van der Waals surface area contributed by atoms with E-state index in [2.05, 4.69) is 10.3 Å². The Morgan fingerprint density at radius 2 is 1.76 bits per heavy atom. The zero-order valence-electron chi connectivity index (χ0n) is 18.1. The van der Waals surface area contributed by atoms with Crippen LogP contribution in [-0.4, -0.2) is 62.8 Å². The number of amides is 2. The first-order valence-corrected chi connectivity index (χ1v) is 11.0. The van der Waals surface area contributed by atoms with Gasteiger partial charge in [-0.25, -0.2) is 9.07 Å². The Morgan fingerprint density at radius 3 is 2.52 bits per heavy atom. The Hall–Kier alpha value is -3.59. The van der Waals surface area contributed by atoms with Crippen molar-refractivity contribution in [3.63, 3.8) is 0 Å². The molecule has 1 fully saturated rings. The molecule has 5 rings (SSSR count). The molecule has 2 aromatic carbocycles. The lowest BCUT2D eigenvalue weighted by molar-refractivity contribution is -0.131. The topological polar surface area (TPSA) is 80.6 Å². The molecule has 9 heteroatoms. The van der Waals surface area contributed by atoms with Gasteiger partial charge in [-0.15, -0.1) is 5.10 Å². The van der Waals surface area contributed by atoms with Crippen LogP contribution < -0.4 is 0 Å². The van der Waals surface area contributed by atoms with E-state index in [0.29, 0.717) is 49.7 Å². The van der Waals surface area contributed by atoms with Crippen LogP contribution in [0.2, 0.25) is 0 Å². The molecular formula is C24H24FN5O3. The summed E-state index contributed by atoms with van der Waals surface area (Å²) in [4.78, 5) is 29.1. The van der Waals surface area contributed by atoms with Crippen molar-refractivity contribution in [2.24, 2.45) is 0 Å². The van der Waals surface area contributed by atoms with E-state index < -0.39 is 0 Å². The number of benzene rings is 2. The zero-order chi connectivity index (χ0) is 22.8. The van der Waals surface area contributed by atoms with Crippen molar-refractivity contribution in [1.29, 1.82) is 0 Å². The molecule has 3 aromatic rings. The van der Waals surface area contributed by atoms with Gasteiger partial charge in [-0.3, -0.25) is 9.59 Å². The van der Waals surface area contributed by atoms with Crippen molar-refractivity contribution in [3.05, 3.63) is 82.9 Å². The van der Waals surface area contributed by atoms with Crippen LogP contribution in [0.15, 0.2) is 54.6 Å². The van der Waals surface area contributed by atoms with Gasteiger partial charge in [0.15, 0.2) is 5.69 Å². The molecule has 0 bridgehead atoms. The van der Waals surface area contributed by atoms with E-state index in [-0.39, 0.29) is 36.8 Å². The number of fused-ring (bicyclic) bond motifs is 1. The maximum absolute atomic E-state index is 13.4. The molecule has 3 heterocycles. The predicted octanol–water partition coefficient (Wildman–Crippen LogP) is 2.22. The maximum Gasteiger partial charge on any atom is 0.276 e. The molecule has 170 valence electrons. The number of piperazine rings is 1. The normalized spacial score (nSPS) is 18.2. The second kappa shape index (κ2) is 9.11. The highest BCUT2D eigenvalue weighted by Gasteiger charge is 2.32. The lowest BCUT2D eigenvalue weighted by Gasteiger charge is -2.34. The van der Waals surface area contributed by atoms with Crippen molar-refractivity contribution >= 4 is 11.8 Å². The third-order valence-corrected chi connectivity index (χ3v) is 6.14. The number of halogens is 1. The van der Waals surface area contributed by atoms with E-state index in [1.807, 2.05) is 30.3 Å². The molecule has 8 nitrogen and oxygen atoms in total. The summed E-state index contributed by atoms with van der Waals surface area (Å²) in [6, 6.07) is 16.0. The number of aromatic nitrogens is 3. The second-order valence-electron chi connectivity index (χ2n) is 8.26. The summed E-state index contributed by atoms with van der Waals surface area (Å²) in [6.45, 7) is 2.44. The molecule has 0 radical (unpaired) electrons. The average Bonchev–Trinajstić information content (AvgIpc) is 3.27. The number of nitrogens with zero attached hydrogens (tertiary/aromatic N) is 5. The summed E-state index contributed by atoms with van der Waals surface area (Å²) < 4.78 is 21.1. The minimum atomic E-state index is -0.355.